The van der Waals surface area contributed by atoms with Crippen molar-refractivity contribution in [1.82, 2.24) is 19.6 Å². The Morgan fingerprint density at radius 1 is 1.16 bits per heavy atom. The van der Waals surface area contributed by atoms with Crippen LogP contribution in [-0.4, -0.2) is 59.6 Å². The molecule has 1 aromatic carbocycles. The highest BCUT2D eigenvalue weighted by Crippen LogP contribution is 2.39. The van der Waals surface area contributed by atoms with E-state index in [4.69, 9.17) is 19.0 Å². The predicted octanol–water partition coefficient (Wildman–Crippen LogP) is 4.03. The van der Waals surface area contributed by atoms with Crippen LogP contribution in [0.3, 0.4) is 0 Å². The second-order valence-corrected chi connectivity index (χ2v) is 9.42. The van der Waals surface area contributed by atoms with Crippen molar-refractivity contribution in [2.45, 2.75) is 50.0 Å². The van der Waals surface area contributed by atoms with Crippen LogP contribution >= 0.6 is 0 Å². The Labute approximate surface area is 189 Å². The summed E-state index contributed by atoms with van der Waals surface area (Å²) < 4.78 is 19.0. The summed E-state index contributed by atoms with van der Waals surface area (Å²) in [5, 5.41) is 5.84. The van der Waals surface area contributed by atoms with Crippen molar-refractivity contribution >= 4 is 10.9 Å². The third-order valence-electron chi connectivity index (χ3n) is 7.46. The molecule has 0 aliphatic carbocycles. The highest BCUT2D eigenvalue weighted by atomic mass is 16.5. The molecule has 0 atom stereocenters. The second kappa shape index (κ2) is 9.33. The van der Waals surface area contributed by atoms with Gasteiger partial charge >= 0.3 is 0 Å². The number of benzene rings is 1. The van der Waals surface area contributed by atoms with Crippen LogP contribution < -0.4 is 0 Å². The number of piperidine rings is 1. The van der Waals surface area contributed by atoms with Crippen LogP contribution in [0.5, 0.6) is 0 Å². The van der Waals surface area contributed by atoms with Gasteiger partial charge in [0.05, 0.1) is 0 Å². The van der Waals surface area contributed by atoms with Gasteiger partial charge in [-0.05, 0) is 56.8 Å². The highest BCUT2D eigenvalue weighted by molar-refractivity contribution is 5.83. The maximum atomic E-state index is 5.76. The van der Waals surface area contributed by atoms with E-state index in [0.717, 1.165) is 76.7 Å². The van der Waals surface area contributed by atoms with Crippen molar-refractivity contribution in [1.29, 1.82) is 0 Å². The summed E-state index contributed by atoms with van der Waals surface area (Å²) in [6, 6.07) is 8.66. The summed E-state index contributed by atoms with van der Waals surface area (Å²) in [6.07, 6.45) is 7.17. The fourth-order valence-electron chi connectivity index (χ4n) is 5.38. The van der Waals surface area contributed by atoms with E-state index in [9.17, 15) is 0 Å². The van der Waals surface area contributed by atoms with Crippen molar-refractivity contribution in [3.8, 4) is 0 Å². The third-order valence-corrected chi connectivity index (χ3v) is 7.46. The predicted molar refractivity (Wildman–Crippen MR) is 123 cm³/mol. The van der Waals surface area contributed by atoms with Crippen molar-refractivity contribution in [2.24, 2.45) is 7.05 Å². The lowest BCUT2D eigenvalue weighted by molar-refractivity contribution is 0.0778. The molecule has 2 aliphatic rings. The van der Waals surface area contributed by atoms with Gasteiger partial charge < -0.3 is 18.6 Å². The van der Waals surface area contributed by atoms with E-state index in [1.165, 1.54) is 16.5 Å². The lowest BCUT2D eigenvalue weighted by Crippen LogP contribution is -2.43. The lowest BCUT2D eigenvalue weighted by atomic mass is 9.75. The molecule has 32 heavy (non-hydrogen) atoms. The number of aromatic nitrogens is 3. The zero-order valence-electron chi connectivity index (χ0n) is 19.3. The molecule has 0 unspecified atom stereocenters. The minimum absolute atomic E-state index is 0.0712. The summed E-state index contributed by atoms with van der Waals surface area (Å²) in [7, 11) is 3.90. The molecule has 7 heteroatoms. The first-order valence-electron chi connectivity index (χ1n) is 11.8. The number of methoxy groups -OCH3 is 1. The first kappa shape index (κ1) is 21.6. The molecule has 0 radical (unpaired) electrons. The van der Waals surface area contributed by atoms with E-state index in [0.29, 0.717) is 12.5 Å². The first-order valence-corrected chi connectivity index (χ1v) is 11.8. The number of likely N-dealkylation sites (tertiary alicyclic amines) is 1. The number of fused-ring (bicyclic) bond motifs is 1. The Hall–Kier alpha value is -2.22. The largest absolute Gasteiger partial charge is 0.385 e. The van der Waals surface area contributed by atoms with E-state index < -0.39 is 0 Å². The molecule has 5 rings (SSSR count). The molecule has 7 nitrogen and oxygen atoms in total. The molecule has 4 heterocycles. The minimum Gasteiger partial charge on any atom is -0.385 e. The number of hydrogen-bond donors (Lipinski definition) is 0. The van der Waals surface area contributed by atoms with E-state index >= 15 is 0 Å². The van der Waals surface area contributed by atoms with Crippen LogP contribution in [0, 0.1) is 0 Å². The van der Waals surface area contributed by atoms with Gasteiger partial charge in [0.2, 0.25) is 5.89 Å². The summed E-state index contributed by atoms with van der Waals surface area (Å²) in [6.45, 7) is 5.29. The summed E-state index contributed by atoms with van der Waals surface area (Å²) in [4.78, 5) is 7.49. The van der Waals surface area contributed by atoms with Crippen LogP contribution in [0.15, 0.2) is 35.0 Å². The van der Waals surface area contributed by atoms with Gasteiger partial charge in [0, 0.05) is 69.0 Å². The molecule has 2 fully saturated rings. The Morgan fingerprint density at radius 3 is 2.72 bits per heavy atom. The normalized spacial score (nSPS) is 20.2. The molecule has 2 saturated heterocycles. The number of ether oxygens (including phenoxy) is 2. The number of para-hydroxylation sites is 1. The Bertz CT molecular complexity index is 1030. The average Bonchev–Trinajstić information content (AvgIpc) is 3.46. The number of nitrogens with zero attached hydrogens (tertiary/aromatic N) is 4. The topological polar surface area (TPSA) is 65.6 Å². The monoisotopic (exact) mass is 438 g/mol. The SMILES string of the molecule is COCCC1(c2noc(C3CCOCC3)n2)CCN(Cc2cn(C)c3ccccc23)CC1. The van der Waals surface area contributed by atoms with Gasteiger partial charge in [0.15, 0.2) is 5.82 Å². The third kappa shape index (κ3) is 4.21. The molecule has 2 aromatic heterocycles. The molecule has 3 aromatic rings. The van der Waals surface area contributed by atoms with Crippen LogP contribution in [0.2, 0.25) is 0 Å². The van der Waals surface area contributed by atoms with Gasteiger partial charge in [0.1, 0.15) is 0 Å². The van der Waals surface area contributed by atoms with E-state index in [2.05, 4.69) is 52.1 Å². The van der Waals surface area contributed by atoms with Crippen molar-refractivity contribution in [3.05, 3.63) is 47.7 Å². The second-order valence-electron chi connectivity index (χ2n) is 9.42. The molecular formula is C25H34N4O3. The summed E-state index contributed by atoms with van der Waals surface area (Å²) >= 11 is 0. The Kier molecular flexibility index (Phi) is 6.31. The molecule has 0 spiro atoms. The van der Waals surface area contributed by atoms with E-state index in [1.54, 1.807) is 7.11 Å². The van der Waals surface area contributed by atoms with Gasteiger partial charge in [-0.1, -0.05) is 23.4 Å². The minimum atomic E-state index is -0.0712. The van der Waals surface area contributed by atoms with Crippen molar-refractivity contribution in [2.75, 3.05) is 40.0 Å². The van der Waals surface area contributed by atoms with Gasteiger partial charge in [-0.15, -0.1) is 0 Å². The lowest BCUT2D eigenvalue weighted by Gasteiger charge is -2.39. The molecule has 0 saturated carbocycles. The molecule has 0 bridgehead atoms. The summed E-state index contributed by atoms with van der Waals surface area (Å²) in [5.41, 5.74) is 2.62. The van der Waals surface area contributed by atoms with Gasteiger partial charge in [-0.2, -0.15) is 4.98 Å². The van der Waals surface area contributed by atoms with Gasteiger partial charge in [-0.3, -0.25) is 4.90 Å². The maximum absolute atomic E-state index is 5.76. The molecule has 172 valence electrons. The quantitative estimate of drug-likeness (QED) is 0.555. The standard InChI is InChI=1S/C25H34N4O3/c1-28-17-20(21-5-3-4-6-22(21)28)18-29-12-9-25(10-13-29,11-16-30-2)24-26-23(32-27-24)19-7-14-31-15-8-19/h3-6,17,19H,7-16,18H2,1-2H3. The number of hydrogen-bond acceptors (Lipinski definition) is 6. The summed E-state index contributed by atoms with van der Waals surface area (Å²) in [5.74, 6) is 2.00. The van der Waals surface area contributed by atoms with E-state index in [1.807, 2.05) is 0 Å². The Balaban J connectivity index is 1.30. The highest BCUT2D eigenvalue weighted by Gasteiger charge is 2.40. The Morgan fingerprint density at radius 2 is 1.94 bits per heavy atom. The average molecular weight is 439 g/mol. The molecule has 2 aliphatic heterocycles. The first-order chi connectivity index (χ1) is 15.7. The van der Waals surface area contributed by atoms with Gasteiger partial charge in [0.25, 0.3) is 0 Å². The van der Waals surface area contributed by atoms with Crippen LogP contribution in [0.1, 0.15) is 55.3 Å². The smallest absolute Gasteiger partial charge is 0.229 e. The van der Waals surface area contributed by atoms with Crippen LogP contribution in [0.4, 0.5) is 0 Å². The van der Waals surface area contributed by atoms with Crippen LogP contribution in [-0.2, 0) is 28.5 Å². The molecule has 0 N–H and O–H groups in total. The van der Waals surface area contributed by atoms with Crippen molar-refractivity contribution in [3.63, 3.8) is 0 Å². The number of rotatable bonds is 7. The number of aryl methyl sites for hydroxylation is 1. The van der Waals surface area contributed by atoms with Crippen LogP contribution in [0.25, 0.3) is 10.9 Å². The molecular weight excluding hydrogens is 404 g/mol. The maximum Gasteiger partial charge on any atom is 0.229 e. The van der Waals surface area contributed by atoms with Crippen molar-refractivity contribution < 1.29 is 14.0 Å². The zero-order valence-corrected chi connectivity index (χ0v) is 19.3. The fourth-order valence-corrected chi connectivity index (χ4v) is 5.38. The van der Waals surface area contributed by atoms with Gasteiger partial charge in [-0.25, -0.2) is 0 Å². The molecule has 0 amide bonds. The van der Waals surface area contributed by atoms with E-state index in [-0.39, 0.29) is 5.41 Å². The fraction of sp³-hybridized carbons (Fsp3) is 0.600. The zero-order chi connectivity index (χ0) is 22.0.